The predicted molar refractivity (Wildman–Crippen MR) is 84.2 cm³/mol. The molecule has 1 atom stereocenters. The van der Waals surface area contributed by atoms with Crippen molar-refractivity contribution in [2.75, 3.05) is 13.2 Å². The van der Waals surface area contributed by atoms with Crippen LogP contribution < -0.4 is 10.9 Å². The highest BCUT2D eigenvalue weighted by atomic mass is 16.3. The highest BCUT2D eigenvalue weighted by Crippen LogP contribution is 2.10. The molecule has 2 rings (SSSR count). The molecule has 3 N–H and O–H groups in total. The lowest BCUT2D eigenvalue weighted by Gasteiger charge is -2.15. The molecule has 0 radical (unpaired) electrons. The zero-order valence-electron chi connectivity index (χ0n) is 12.4. The Labute approximate surface area is 124 Å². The first-order valence-corrected chi connectivity index (χ1v) is 7.54. The summed E-state index contributed by atoms with van der Waals surface area (Å²) in [4.78, 5) is 19.2. The fourth-order valence-electron chi connectivity index (χ4n) is 2.55. The van der Waals surface area contributed by atoms with E-state index in [0.29, 0.717) is 23.7 Å². The van der Waals surface area contributed by atoms with Gasteiger partial charge in [-0.25, -0.2) is 4.98 Å². The summed E-state index contributed by atoms with van der Waals surface area (Å²) in [6.45, 7) is 3.72. The van der Waals surface area contributed by atoms with E-state index in [0.717, 1.165) is 31.3 Å². The van der Waals surface area contributed by atoms with Crippen LogP contribution in [0.15, 0.2) is 29.1 Å². The Hall–Kier alpha value is -1.72. The molecular formula is C16H23N3O2. The molecule has 5 nitrogen and oxygen atoms in total. The van der Waals surface area contributed by atoms with Gasteiger partial charge in [0, 0.05) is 6.61 Å². The van der Waals surface area contributed by atoms with Gasteiger partial charge in [-0.05, 0) is 37.4 Å². The summed E-state index contributed by atoms with van der Waals surface area (Å²) in [6, 6.07) is 7.34. The van der Waals surface area contributed by atoms with Crippen LogP contribution in [0.2, 0.25) is 0 Å². The minimum atomic E-state index is -0.0992. The molecule has 0 aliphatic rings. The van der Waals surface area contributed by atoms with Crippen LogP contribution in [0.4, 0.5) is 0 Å². The number of aliphatic hydroxyl groups is 1. The van der Waals surface area contributed by atoms with Gasteiger partial charge in [-0.15, -0.1) is 0 Å². The van der Waals surface area contributed by atoms with Gasteiger partial charge < -0.3 is 15.4 Å². The Morgan fingerprint density at radius 1 is 1.33 bits per heavy atom. The second kappa shape index (κ2) is 7.90. The molecule has 0 aliphatic carbocycles. The summed E-state index contributed by atoms with van der Waals surface area (Å²) in [5, 5.41) is 13.0. The van der Waals surface area contributed by atoms with Crippen molar-refractivity contribution in [1.29, 1.82) is 0 Å². The van der Waals surface area contributed by atoms with Crippen LogP contribution in [0.3, 0.4) is 0 Å². The summed E-state index contributed by atoms with van der Waals surface area (Å²) in [6.07, 6.45) is 3.01. The van der Waals surface area contributed by atoms with Crippen LogP contribution in [0.1, 0.15) is 32.0 Å². The Kier molecular flexibility index (Phi) is 5.90. The average molecular weight is 289 g/mol. The first-order chi connectivity index (χ1) is 10.2. The SMILES string of the molecule is CCCC(CCO)CNCc1nc2ccccc2c(=O)[nH]1. The molecule has 0 saturated heterocycles. The molecule has 1 aromatic carbocycles. The van der Waals surface area contributed by atoms with Crippen molar-refractivity contribution in [2.24, 2.45) is 5.92 Å². The molecule has 0 bridgehead atoms. The molecule has 0 amide bonds. The van der Waals surface area contributed by atoms with Gasteiger partial charge in [0.2, 0.25) is 0 Å². The molecule has 1 aromatic heterocycles. The number of para-hydroxylation sites is 1. The van der Waals surface area contributed by atoms with Gasteiger partial charge in [0.15, 0.2) is 0 Å². The number of aliphatic hydroxyl groups excluding tert-OH is 1. The number of hydrogen-bond donors (Lipinski definition) is 3. The van der Waals surface area contributed by atoms with E-state index in [9.17, 15) is 4.79 Å². The number of aromatic nitrogens is 2. The number of rotatable bonds is 8. The smallest absolute Gasteiger partial charge is 0.258 e. The second-order valence-corrected chi connectivity index (χ2v) is 5.33. The predicted octanol–water partition coefficient (Wildman–Crippen LogP) is 1.81. The van der Waals surface area contributed by atoms with Gasteiger partial charge in [0.25, 0.3) is 5.56 Å². The van der Waals surface area contributed by atoms with Crippen LogP contribution in [0.25, 0.3) is 10.9 Å². The van der Waals surface area contributed by atoms with E-state index < -0.39 is 0 Å². The fraction of sp³-hybridized carbons (Fsp3) is 0.500. The Bertz CT molecular complexity index is 618. The number of nitrogens with zero attached hydrogens (tertiary/aromatic N) is 1. The van der Waals surface area contributed by atoms with E-state index in [-0.39, 0.29) is 12.2 Å². The summed E-state index contributed by atoms with van der Waals surface area (Å²) < 4.78 is 0. The van der Waals surface area contributed by atoms with E-state index in [4.69, 9.17) is 5.11 Å². The molecule has 1 heterocycles. The van der Waals surface area contributed by atoms with Crippen LogP contribution in [-0.2, 0) is 6.54 Å². The molecule has 21 heavy (non-hydrogen) atoms. The number of H-pyrrole nitrogens is 1. The lowest BCUT2D eigenvalue weighted by atomic mass is 10.0. The van der Waals surface area contributed by atoms with E-state index >= 15 is 0 Å². The van der Waals surface area contributed by atoms with E-state index in [2.05, 4.69) is 22.2 Å². The summed E-state index contributed by atoms with van der Waals surface area (Å²) in [5.41, 5.74) is 0.622. The van der Waals surface area contributed by atoms with E-state index in [1.54, 1.807) is 6.07 Å². The number of hydrogen-bond acceptors (Lipinski definition) is 4. The quantitative estimate of drug-likeness (QED) is 0.692. The topological polar surface area (TPSA) is 78.0 Å². The van der Waals surface area contributed by atoms with Crippen molar-refractivity contribution in [2.45, 2.75) is 32.7 Å². The number of nitrogens with one attached hydrogen (secondary N) is 2. The summed E-state index contributed by atoms with van der Waals surface area (Å²) in [5.74, 6) is 1.12. The van der Waals surface area contributed by atoms with E-state index in [1.807, 2.05) is 18.2 Å². The van der Waals surface area contributed by atoms with Crippen LogP contribution in [0, 0.1) is 5.92 Å². The third kappa shape index (κ3) is 4.37. The second-order valence-electron chi connectivity index (χ2n) is 5.33. The molecule has 0 spiro atoms. The van der Waals surface area contributed by atoms with E-state index in [1.165, 1.54) is 0 Å². The monoisotopic (exact) mass is 289 g/mol. The number of fused-ring (bicyclic) bond motifs is 1. The van der Waals surface area contributed by atoms with Crippen molar-refractivity contribution in [3.05, 3.63) is 40.4 Å². The van der Waals surface area contributed by atoms with Gasteiger partial charge in [-0.1, -0.05) is 25.5 Å². The molecule has 1 unspecified atom stereocenters. The third-order valence-corrected chi connectivity index (χ3v) is 3.62. The molecular weight excluding hydrogens is 266 g/mol. The number of benzene rings is 1. The molecule has 2 aromatic rings. The Morgan fingerprint density at radius 3 is 2.90 bits per heavy atom. The van der Waals surface area contributed by atoms with Crippen LogP contribution in [0.5, 0.6) is 0 Å². The number of aromatic amines is 1. The Balaban J connectivity index is 1.98. The zero-order valence-corrected chi connectivity index (χ0v) is 12.4. The maximum absolute atomic E-state index is 11.9. The standard InChI is InChI=1S/C16H23N3O2/c1-2-5-12(8-9-20)10-17-11-15-18-14-7-4-3-6-13(14)16(21)19-15/h3-4,6-7,12,17,20H,2,5,8-11H2,1H3,(H,18,19,21). The fourth-order valence-corrected chi connectivity index (χ4v) is 2.55. The minimum Gasteiger partial charge on any atom is -0.396 e. The zero-order chi connectivity index (χ0) is 15.1. The van der Waals surface area contributed by atoms with Gasteiger partial charge in [-0.2, -0.15) is 0 Å². The first kappa shape index (κ1) is 15.7. The maximum Gasteiger partial charge on any atom is 0.258 e. The lowest BCUT2D eigenvalue weighted by Crippen LogP contribution is -2.25. The molecule has 0 fully saturated rings. The lowest BCUT2D eigenvalue weighted by molar-refractivity contribution is 0.248. The Morgan fingerprint density at radius 2 is 2.14 bits per heavy atom. The van der Waals surface area contributed by atoms with Crippen molar-refractivity contribution in [3.63, 3.8) is 0 Å². The third-order valence-electron chi connectivity index (χ3n) is 3.62. The minimum absolute atomic E-state index is 0.0992. The molecule has 5 heteroatoms. The van der Waals surface area contributed by atoms with Crippen LogP contribution >= 0.6 is 0 Å². The molecule has 0 saturated carbocycles. The summed E-state index contributed by atoms with van der Waals surface area (Å²) >= 11 is 0. The van der Waals surface area contributed by atoms with Crippen molar-refractivity contribution in [3.8, 4) is 0 Å². The normalized spacial score (nSPS) is 12.7. The molecule has 114 valence electrons. The highest BCUT2D eigenvalue weighted by Gasteiger charge is 2.08. The summed E-state index contributed by atoms with van der Waals surface area (Å²) in [7, 11) is 0. The van der Waals surface area contributed by atoms with Crippen LogP contribution in [-0.4, -0.2) is 28.2 Å². The van der Waals surface area contributed by atoms with Gasteiger partial charge in [0.1, 0.15) is 5.82 Å². The van der Waals surface area contributed by atoms with Crippen molar-refractivity contribution in [1.82, 2.24) is 15.3 Å². The van der Waals surface area contributed by atoms with Crippen molar-refractivity contribution >= 4 is 10.9 Å². The largest absolute Gasteiger partial charge is 0.396 e. The first-order valence-electron chi connectivity index (χ1n) is 7.54. The van der Waals surface area contributed by atoms with Gasteiger partial charge in [-0.3, -0.25) is 4.79 Å². The van der Waals surface area contributed by atoms with Gasteiger partial charge >= 0.3 is 0 Å². The van der Waals surface area contributed by atoms with Crippen molar-refractivity contribution < 1.29 is 5.11 Å². The highest BCUT2D eigenvalue weighted by molar-refractivity contribution is 5.77. The molecule has 0 aliphatic heterocycles. The average Bonchev–Trinajstić information content (AvgIpc) is 2.48. The van der Waals surface area contributed by atoms with Gasteiger partial charge in [0.05, 0.1) is 17.4 Å². The maximum atomic E-state index is 11.9.